The predicted octanol–water partition coefficient (Wildman–Crippen LogP) is 2.15. The van der Waals surface area contributed by atoms with Crippen LogP contribution in [0.25, 0.3) is 0 Å². The van der Waals surface area contributed by atoms with E-state index >= 15 is 0 Å². The molecule has 1 amide bonds. The van der Waals surface area contributed by atoms with Gasteiger partial charge in [-0.25, -0.2) is 4.39 Å². The van der Waals surface area contributed by atoms with Crippen LogP contribution >= 0.6 is 0 Å². The van der Waals surface area contributed by atoms with Crippen molar-refractivity contribution in [2.45, 2.75) is 19.8 Å². The van der Waals surface area contributed by atoms with Gasteiger partial charge in [0.15, 0.2) is 11.6 Å². The molecule has 4 nitrogen and oxygen atoms in total. The monoisotopic (exact) mass is 254 g/mol. The number of hydrogen-bond donors (Lipinski definition) is 2. The standard InChI is InChI=1S/C13H19FN2O2/c1-3-9(8-15)6-13(17)16-10-4-5-12(18-2)11(14)7-10/h4-5,7,9H,3,6,8,15H2,1-2H3,(H,16,17). The molecule has 100 valence electrons. The first kappa shape index (κ1) is 14.4. The molecule has 0 saturated carbocycles. The van der Waals surface area contributed by atoms with Gasteiger partial charge in [0.1, 0.15) is 0 Å². The van der Waals surface area contributed by atoms with Crippen molar-refractivity contribution in [3.05, 3.63) is 24.0 Å². The number of ether oxygens (including phenoxy) is 1. The molecule has 0 radical (unpaired) electrons. The molecule has 0 aliphatic rings. The van der Waals surface area contributed by atoms with Crippen LogP contribution in [0.5, 0.6) is 5.75 Å². The zero-order chi connectivity index (χ0) is 13.5. The molecule has 1 rings (SSSR count). The van der Waals surface area contributed by atoms with E-state index in [-0.39, 0.29) is 17.6 Å². The summed E-state index contributed by atoms with van der Waals surface area (Å²) in [6, 6.07) is 4.31. The summed E-state index contributed by atoms with van der Waals surface area (Å²) in [5.74, 6) is -0.340. The Morgan fingerprint density at radius 2 is 2.28 bits per heavy atom. The van der Waals surface area contributed by atoms with E-state index in [1.807, 2.05) is 6.92 Å². The van der Waals surface area contributed by atoms with E-state index < -0.39 is 5.82 Å². The van der Waals surface area contributed by atoms with Gasteiger partial charge in [0.2, 0.25) is 5.91 Å². The van der Waals surface area contributed by atoms with E-state index in [0.717, 1.165) is 6.42 Å². The lowest BCUT2D eigenvalue weighted by molar-refractivity contribution is -0.117. The van der Waals surface area contributed by atoms with Gasteiger partial charge in [0.25, 0.3) is 0 Å². The van der Waals surface area contributed by atoms with Crippen LogP contribution in [-0.2, 0) is 4.79 Å². The molecular weight excluding hydrogens is 235 g/mol. The molecule has 1 aromatic rings. The molecule has 3 N–H and O–H groups in total. The number of nitrogens with one attached hydrogen (secondary N) is 1. The number of hydrogen-bond acceptors (Lipinski definition) is 3. The van der Waals surface area contributed by atoms with Crippen molar-refractivity contribution < 1.29 is 13.9 Å². The van der Waals surface area contributed by atoms with Crippen LogP contribution in [-0.4, -0.2) is 19.6 Å². The summed E-state index contributed by atoms with van der Waals surface area (Å²) in [6.07, 6.45) is 1.20. The van der Waals surface area contributed by atoms with E-state index in [4.69, 9.17) is 10.5 Å². The maximum absolute atomic E-state index is 13.4. The van der Waals surface area contributed by atoms with Gasteiger partial charge in [-0.05, 0) is 24.6 Å². The predicted molar refractivity (Wildman–Crippen MR) is 69.0 cm³/mol. The quantitative estimate of drug-likeness (QED) is 0.817. The molecule has 0 spiro atoms. The highest BCUT2D eigenvalue weighted by Gasteiger charge is 2.11. The normalized spacial score (nSPS) is 12.0. The van der Waals surface area contributed by atoms with Crippen LogP contribution in [0.2, 0.25) is 0 Å². The summed E-state index contributed by atoms with van der Waals surface area (Å²) >= 11 is 0. The summed E-state index contributed by atoms with van der Waals surface area (Å²) in [4.78, 5) is 11.7. The van der Waals surface area contributed by atoms with Crippen molar-refractivity contribution in [3.8, 4) is 5.75 Å². The van der Waals surface area contributed by atoms with Crippen molar-refractivity contribution >= 4 is 11.6 Å². The Morgan fingerprint density at radius 1 is 1.56 bits per heavy atom. The number of carbonyl (C=O) groups excluding carboxylic acids is 1. The van der Waals surface area contributed by atoms with Gasteiger partial charge in [-0.2, -0.15) is 0 Å². The van der Waals surface area contributed by atoms with Gasteiger partial charge >= 0.3 is 0 Å². The molecule has 1 aromatic carbocycles. The molecule has 0 aliphatic carbocycles. The van der Waals surface area contributed by atoms with E-state index in [9.17, 15) is 9.18 Å². The van der Waals surface area contributed by atoms with E-state index in [1.165, 1.54) is 19.2 Å². The molecule has 1 unspecified atom stereocenters. The molecule has 1 atom stereocenters. The third-order valence-corrected chi connectivity index (χ3v) is 2.82. The Morgan fingerprint density at radius 3 is 2.78 bits per heavy atom. The number of rotatable bonds is 6. The third-order valence-electron chi connectivity index (χ3n) is 2.82. The second-order valence-corrected chi connectivity index (χ2v) is 4.11. The smallest absolute Gasteiger partial charge is 0.224 e. The largest absolute Gasteiger partial charge is 0.494 e. The lowest BCUT2D eigenvalue weighted by Gasteiger charge is -2.12. The SMILES string of the molecule is CCC(CN)CC(=O)Nc1ccc(OC)c(F)c1. The zero-order valence-electron chi connectivity index (χ0n) is 10.7. The van der Waals surface area contributed by atoms with Crippen LogP contribution in [0.15, 0.2) is 18.2 Å². The number of carbonyl (C=O) groups is 1. The summed E-state index contributed by atoms with van der Waals surface area (Å²) in [7, 11) is 1.39. The van der Waals surface area contributed by atoms with Crippen LogP contribution in [0.4, 0.5) is 10.1 Å². The van der Waals surface area contributed by atoms with Crippen molar-refractivity contribution in [2.24, 2.45) is 11.7 Å². The molecule has 0 aliphatic heterocycles. The van der Waals surface area contributed by atoms with Crippen LogP contribution in [0.3, 0.4) is 0 Å². The van der Waals surface area contributed by atoms with Crippen molar-refractivity contribution in [1.82, 2.24) is 0 Å². The fraction of sp³-hybridized carbons (Fsp3) is 0.462. The fourth-order valence-corrected chi connectivity index (χ4v) is 1.61. The third kappa shape index (κ3) is 4.00. The number of methoxy groups -OCH3 is 1. The average Bonchev–Trinajstić information content (AvgIpc) is 2.36. The number of anilines is 1. The molecule has 18 heavy (non-hydrogen) atoms. The summed E-state index contributed by atoms with van der Waals surface area (Å²) in [5, 5.41) is 2.64. The maximum Gasteiger partial charge on any atom is 0.224 e. The molecule has 0 heterocycles. The van der Waals surface area contributed by atoms with Gasteiger partial charge in [-0.15, -0.1) is 0 Å². The van der Waals surface area contributed by atoms with E-state index in [2.05, 4.69) is 5.32 Å². The second-order valence-electron chi connectivity index (χ2n) is 4.11. The molecular formula is C13H19FN2O2. The topological polar surface area (TPSA) is 64.4 Å². The summed E-state index contributed by atoms with van der Waals surface area (Å²) in [6.45, 7) is 2.46. The molecule has 0 saturated heterocycles. The first-order chi connectivity index (χ1) is 8.60. The Labute approximate surface area is 106 Å². The van der Waals surface area contributed by atoms with Gasteiger partial charge in [-0.1, -0.05) is 13.3 Å². The minimum atomic E-state index is -0.499. The van der Waals surface area contributed by atoms with Gasteiger partial charge in [-0.3, -0.25) is 4.79 Å². The number of benzene rings is 1. The molecule has 0 fully saturated rings. The van der Waals surface area contributed by atoms with Crippen molar-refractivity contribution in [3.63, 3.8) is 0 Å². The van der Waals surface area contributed by atoms with Gasteiger partial charge < -0.3 is 15.8 Å². The fourth-order valence-electron chi connectivity index (χ4n) is 1.61. The number of halogens is 1. The summed E-state index contributed by atoms with van der Waals surface area (Å²) in [5.41, 5.74) is 5.95. The average molecular weight is 254 g/mol. The van der Waals surface area contributed by atoms with E-state index in [1.54, 1.807) is 6.07 Å². The highest BCUT2D eigenvalue weighted by atomic mass is 19.1. The van der Waals surface area contributed by atoms with Gasteiger partial charge in [0, 0.05) is 18.2 Å². The van der Waals surface area contributed by atoms with Crippen molar-refractivity contribution in [1.29, 1.82) is 0 Å². The van der Waals surface area contributed by atoms with Gasteiger partial charge in [0.05, 0.1) is 7.11 Å². The molecule has 0 bridgehead atoms. The minimum Gasteiger partial charge on any atom is -0.494 e. The molecule has 0 aromatic heterocycles. The lowest BCUT2D eigenvalue weighted by atomic mass is 10.0. The second kappa shape index (κ2) is 6.96. The minimum absolute atomic E-state index is 0.154. The zero-order valence-corrected chi connectivity index (χ0v) is 10.7. The van der Waals surface area contributed by atoms with Crippen LogP contribution in [0, 0.1) is 11.7 Å². The highest BCUT2D eigenvalue weighted by molar-refractivity contribution is 5.90. The highest BCUT2D eigenvalue weighted by Crippen LogP contribution is 2.21. The summed E-state index contributed by atoms with van der Waals surface area (Å²) < 4.78 is 18.2. The number of nitrogens with two attached hydrogens (primary N) is 1. The van der Waals surface area contributed by atoms with Crippen molar-refractivity contribution in [2.75, 3.05) is 19.0 Å². The molecule has 5 heteroatoms. The lowest BCUT2D eigenvalue weighted by Crippen LogP contribution is -2.21. The Bertz CT molecular complexity index is 406. The van der Waals surface area contributed by atoms with Crippen LogP contribution in [0.1, 0.15) is 19.8 Å². The Hall–Kier alpha value is -1.62. The first-order valence-corrected chi connectivity index (χ1v) is 5.94. The first-order valence-electron chi connectivity index (χ1n) is 5.94. The van der Waals surface area contributed by atoms with E-state index in [0.29, 0.717) is 18.7 Å². The number of amides is 1. The Kier molecular flexibility index (Phi) is 5.58. The van der Waals surface area contributed by atoms with Crippen LogP contribution < -0.4 is 15.8 Å². The Balaban J connectivity index is 2.62. The maximum atomic E-state index is 13.4.